The molecule has 0 atom stereocenters. The Kier molecular flexibility index (Phi) is 17.2. The Hall–Kier alpha value is -0.790. The summed E-state index contributed by atoms with van der Waals surface area (Å²) in [5.41, 5.74) is 0. The lowest BCUT2D eigenvalue weighted by atomic mass is 10.0. The average molecular weight is 420 g/mol. The SMILES string of the molecule is CCCCCCCCCCCCCCCC[n+]1ccn(CCCCCC)c1C(C)C. The van der Waals surface area contributed by atoms with Gasteiger partial charge in [-0.3, -0.25) is 0 Å². The van der Waals surface area contributed by atoms with E-state index in [-0.39, 0.29) is 0 Å². The van der Waals surface area contributed by atoms with Crippen LogP contribution in [0.5, 0.6) is 0 Å². The quantitative estimate of drug-likeness (QED) is 0.139. The number of imidazole rings is 1. The molecule has 30 heavy (non-hydrogen) atoms. The predicted molar refractivity (Wildman–Crippen MR) is 133 cm³/mol. The van der Waals surface area contributed by atoms with Crippen LogP contribution < -0.4 is 4.57 Å². The van der Waals surface area contributed by atoms with Crippen LogP contribution in [0.25, 0.3) is 0 Å². The molecule has 0 aliphatic rings. The summed E-state index contributed by atoms with van der Waals surface area (Å²) in [7, 11) is 0. The van der Waals surface area contributed by atoms with Crippen LogP contribution in [0.15, 0.2) is 12.4 Å². The fourth-order valence-electron chi connectivity index (χ4n) is 4.71. The van der Waals surface area contributed by atoms with Gasteiger partial charge in [-0.25, -0.2) is 9.13 Å². The Morgan fingerprint density at radius 1 is 0.633 bits per heavy atom. The molecule has 0 saturated heterocycles. The minimum atomic E-state index is 0.609. The summed E-state index contributed by atoms with van der Waals surface area (Å²) in [5, 5.41) is 0. The van der Waals surface area contributed by atoms with E-state index in [0.717, 1.165) is 0 Å². The lowest BCUT2D eigenvalue weighted by molar-refractivity contribution is -0.705. The summed E-state index contributed by atoms with van der Waals surface area (Å²) in [6.07, 6.45) is 30.1. The maximum absolute atomic E-state index is 2.53. The summed E-state index contributed by atoms with van der Waals surface area (Å²) < 4.78 is 5.05. The largest absolute Gasteiger partial charge is 0.258 e. The zero-order chi connectivity index (χ0) is 21.9. The summed E-state index contributed by atoms with van der Waals surface area (Å²) >= 11 is 0. The van der Waals surface area contributed by atoms with Crippen molar-refractivity contribution in [2.75, 3.05) is 0 Å². The second-order valence-electron chi connectivity index (χ2n) is 9.85. The van der Waals surface area contributed by atoms with E-state index in [9.17, 15) is 0 Å². The number of unbranched alkanes of at least 4 members (excludes halogenated alkanes) is 16. The van der Waals surface area contributed by atoms with Gasteiger partial charge in [0, 0.05) is 0 Å². The Bertz CT molecular complexity index is 489. The smallest absolute Gasteiger partial charge is 0.234 e. The van der Waals surface area contributed by atoms with E-state index < -0.39 is 0 Å². The molecule has 0 saturated carbocycles. The summed E-state index contributed by atoms with van der Waals surface area (Å²) in [6, 6.07) is 0. The Balaban J connectivity index is 2.06. The van der Waals surface area contributed by atoms with Gasteiger partial charge in [0.15, 0.2) is 0 Å². The number of aromatic nitrogens is 2. The van der Waals surface area contributed by atoms with Gasteiger partial charge < -0.3 is 0 Å². The van der Waals surface area contributed by atoms with Gasteiger partial charge >= 0.3 is 0 Å². The van der Waals surface area contributed by atoms with Gasteiger partial charge in [-0.05, 0) is 25.7 Å². The molecular formula is C28H55N2+. The second-order valence-corrected chi connectivity index (χ2v) is 9.85. The van der Waals surface area contributed by atoms with Crippen molar-refractivity contribution in [1.82, 2.24) is 4.57 Å². The van der Waals surface area contributed by atoms with Crippen molar-refractivity contribution in [2.45, 2.75) is 162 Å². The average Bonchev–Trinajstić information content (AvgIpc) is 3.14. The van der Waals surface area contributed by atoms with E-state index in [1.165, 1.54) is 134 Å². The normalized spacial score (nSPS) is 11.6. The van der Waals surface area contributed by atoms with Gasteiger partial charge in [-0.1, -0.05) is 118 Å². The minimum Gasteiger partial charge on any atom is -0.234 e. The molecule has 176 valence electrons. The van der Waals surface area contributed by atoms with Crippen LogP contribution in [0, 0.1) is 0 Å². The molecule has 0 fully saturated rings. The van der Waals surface area contributed by atoms with Crippen molar-refractivity contribution in [1.29, 1.82) is 0 Å². The van der Waals surface area contributed by atoms with E-state index >= 15 is 0 Å². The van der Waals surface area contributed by atoms with Crippen LogP contribution >= 0.6 is 0 Å². The van der Waals surface area contributed by atoms with Gasteiger partial charge in [0.1, 0.15) is 12.4 Å². The zero-order valence-electron chi connectivity index (χ0n) is 21.3. The highest BCUT2D eigenvalue weighted by Gasteiger charge is 2.19. The number of rotatable bonds is 21. The molecule has 1 aromatic heterocycles. The molecule has 0 N–H and O–H groups in total. The first-order valence-corrected chi connectivity index (χ1v) is 13.8. The Morgan fingerprint density at radius 2 is 1.07 bits per heavy atom. The van der Waals surface area contributed by atoms with E-state index in [0.29, 0.717) is 5.92 Å². The van der Waals surface area contributed by atoms with E-state index in [2.05, 4.69) is 49.2 Å². The van der Waals surface area contributed by atoms with E-state index in [4.69, 9.17) is 0 Å². The number of nitrogens with zero attached hydrogens (tertiary/aromatic N) is 2. The third-order valence-electron chi connectivity index (χ3n) is 6.54. The van der Waals surface area contributed by atoms with Crippen LogP contribution in [0.3, 0.4) is 0 Å². The third kappa shape index (κ3) is 12.8. The first-order chi connectivity index (χ1) is 14.7. The van der Waals surface area contributed by atoms with Crippen molar-refractivity contribution in [3.63, 3.8) is 0 Å². The Morgan fingerprint density at radius 3 is 1.53 bits per heavy atom. The highest BCUT2D eigenvalue weighted by atomic mass is 15.1. The molecule has 0 radical (unpaired) electrons. The number of aryl methyl sites for hydroxylation is 2. The molecule has 0 bridgehead atoms. The molecule has 0 unspecified atom stereocenters. The minimum absolute atomic E-state index is 0.609. The van der Waals surface area contributed by atoms with Crippen molar-refractivity contribution < 1.29 is 4.57 Å². The summed E-state index contributed by atoms with van der Waals surface area (Å²) in [4.78, 5) is 0. The molecule has 2 heteroatoms. The Labute approximate surface area is 189 Å². The molecule has 1 heterocycles. The number of hydrogen-bond acceptors (Lipinski definition) is 0. The van der Waals surface area contributed by atoms with Gasteiger partial charge in [-0.2, -0.15) is 0 Å². The van der Waals surface area contributed by atoms with Crippen molar-refractivity contribution in [2.24, 2.45) is 0 Å². The first-order valence-electron chi connectivity index (χ1n) is 13.8. The zero-order valence-corrected chi connectivity index (χ0v) is 21.3. The molecular weight excluding hydrogens is 364 g/mol. The lowest BCUT2D eigenvalue weighted by Crippen LogP contribution is -2.38. The first kappa shape index (κ1) is 27.2. The monoisotopic (exact) mass is 419 g/mol. The van der Waals surface area contributed by atoms with Crippen LogP contribution in [-0.4, -0.2) is 4.57 Å². The fourth-order valence-corrected chi connectivity index (χ4v) is 4.71. The molecule has 0 aliphatic carbocycles. The molecule has 2 nitrogen and oxygen atoms in total. The van der Waals surface area contributed by atoms with Gasteiger partial charge in [-0.15, -0.1) is 0 Å². The predicted octanol–water partition coefficient (Wildman–Crippen LogP) is 8.96. The molecule has 1 rings (SSSR count). The van der Waals surface area contributed by atoms with E-state index in [1.54, 1.807) is 0 Å². The van der Waals surface area contributed by atoms with Crippen LogP contribution in [-0.2, 0) is 13.1 Å². The van der Waals surface area contributed by atoms with Crippen molar-refractivity contribution >= 4 is 0 Å². The highest BCUT2D eigenvalue weighted by Crippen LogP contribution is 2.15. The maximum atomic E-state index is 2.53. The highest BCUT2D eigenvalue weighted by molar-refractivity contribution is 4.89. The second kappa shape index (κ2) is 18.9. The van der Waals surface area contributed by atoms with E-state index in [1.807, 2.05) is 0 Å². The fraction of sp³-hybridized carbons (Fsp3) is 0.893. The van der Waals surface area contributed by atoms with Gasteiger partial charge in [0.25, 0.3) is 5.82 Å². The maximum Gasteiger partial charge on any atom is 0.258 e. The molecule has 0 amide bonds. The molecule has 0 aromatic carbocycles. The summed E-state index contributed by atoms with van der Waals surface area (Å²) in [6.45, 7) is 11.7. The van der Waals surface area contributed by atoms with Crippen LogP contribution in [0.1, 0.15) is 155 Å². The van der Waals surface area contributed by atoms with Crippen molar-refractivity contribution in [3.8, 4) is 0 Å². The topological polar surface area (TPSA) is 8.81 Å². The van der Waals surface area contributed by atoms with Crippen LogP contribution in [0.4, 0.5) is 0 Å². The van der Waals surface area contributed by atoms with Crippen LogP contribution in [0.2, 0.25) is 0 Å². The summed E-state index contributed by atoms with van der Waals surface area (Å²) in [5.74, 6) is 2.14. The van der Waals surface area contributed by atoms with Gasteiger partial charge in [0.05, 0.1) is 19.0 Å². The standard InChI is InChI=1S/C28H55N2/c1-5-7-9-11-12-13-14-15-16-17-18-19-20-22-24-30-26-25-29(28(30)27(3)4)23-21-10-8-6-2/h25-27H,5-24H2,1-4H3/q+1. The third-order valence-corrected chi connectivity index (χ3v) is 6.54. The number of hydrogen-bond donors (Lipinski definition) is 0. The van der Waals surface area contributed by atoms with Crippen molar-refractivity contribution in [3.05, 3.63) is 18.2 Å². The molecule has 1 aromatic rings. The molecule has 0 aliphatic heterocycles. The molecule has 0 spiro atoms. The lowest BCUT2D eigenvalue weighted by Gasteiger charge is -2.08. The van der Waals surface area contributed by atoms with Gasteiger partial charge in [0.2, 0.25) is 0 Å².